The molecule has 0 aliphatic carbocycles. The van der Waals surface area contributed by atoms with E-state index in [0.29, 0.717) is 12.8 Å². The molecule has 0 heterocycles. The number of allylic oxidation sites excluding steroid dienone is 6. The second-order valence-corrected chi connectivity index (χ2v) is 15.4. The second kappa shape index (κ2) is 40.7. The largest absolute Gasteiger partial charge is 0.394 e. The van der Waals surface area contributed by atoms with Gasteiger partial charge in [0.15, 0.2) is 0 Å². The normalized spacial score (nSPS) is 14.5. The van der Waals surface area contributed by atoms with Crippen LogP contribution in [0.1, 0.15) is 219 Å². The highest BCUT2D eigenvalue weighted by atomic mass is 16.3. The molecule has 0 aromatic heterocycles. The lowest BCUT2D eigenvalue weighted by atomic mass is 10.00. The Labute approximate surface area is 322 Å². The molecule has 0 fully saturated rings. The van der Waals surface area contributed by atoms with Crippen molar-refractivity contribution in [1.29, 1.82) is 0 Å². The van der Waals surface area contributed by atoms with Crippen LogP contribution in [-0.2, 0) is 4.79 Å². The summed E-state index contributed by atoms with van der Waals surface area (Å²) < 4.78 is 0. The molecule has 0 aromatic rings. The first-order valence-corrected chi connectivity index (χ1v) is 22.4. The summed E-state index contributed by atoms with van der Waals surface area (Å²) in [4.78, 5) is 12.5. The van der Waals surface area contributed by atoms with Crippen LogP contribution < -0.4 is 5.32 Å². The van der Waals surface area contributed by atoms with E-state index in [2.05, 4.69) is 55.6 Å². The lowest BCUT2D eigenvalue weighted by Gasteiger charge is -2.27. The molecule has 306 valence electrons. The highest BCUT2D eigenvalue weighted by Crippen LogP contribution is 2.15. The number of rotatable bonds is 40. The Morgan fingerprint density at radius 1 is 0.481 bits per heavy atom. The van der Waals surface area contributed by atoms with E-state index in [4.69, 9.17) is 0 Å². The summed E-state index contributed by atoms with van der Waals surface area (Å²) in [5.41, 5.74) is 0. The number of aliphatic hydroxyl groups is 4. The van der Waals surface area contributed by atoms with Crippen LogP contribution in [-0.4, -0.2) is 57.3 Å². The Bertz CT molecular complexity index is 828. The summed E-state index contributed by atoms with van der Waals surface area (Å²) >= 11 is 0. The van der Waals surface area contributed by atoms with Crippen LogP contribution in [0.4, 0.5) is 0 Å². The lowest BCUT2D eigenvalue weighted by molar-refractivity contribution is -0.132. The topological polar surface area (TPSA) is 110 Å². The van der Waals surface area contributed by atoms with Crippen molar-refractivity contribution in [1.82, 2.24) is 5.32 Å². The van der Waals surface area contributed by atoms with Gasteiger partial charge in [0.05, 0.1) is 18.8 Å². The molecule has 0 aliphatic heterocycles. The van der Waals surface area contributed by atoms with E-state index in [0.717, 1.165) is 44.9 Å². The Balaban J connectivity index is 3.69. The van der Waals surface area contributed by atoms with E-state index in [1.807, 2.05) is 0 Å². The molecule has 0 saturated heterocycles. The molecule has 52 heavy (non-hydrogen) atoms. The van der Waals surface area contributed by atoms with E-state index in [9.17, 15) is 25.2 Å². The fourth-order valence-electron chi connectivity index (χ4n) is 6.73. The molecule has 1 amide bonds. The van der Waals surface area contributed by atoms with Gasteiger partial charge in [-0.1, -0.05) is 185 Å². The monoisotopic (exact) mass is 734 g/mol. The second-order valence-electron chi connectivity index (χ2n) is 15.4. The first kappa shape index (κ1) is 50.5. The van der Waals surface area contributed by atoms with Crippen molar-refractivity contribution in [2.45, 2.75) is 244 Å². The van der Waals surface area contributed by atoms with Gasteiger partial charge in [-0.2, -0.15) is 0 Å². The number of carbonyl (C=O) groups excluding carboxylic acids is 1. The van der Waals surface area contributed by atoms with E-state index in [1.165, 1.54) is 148 Å². The van der Waals surface area contributed by atoms with Crippen molar-refractivity contribution in [2.75, 3.05) is 6.61 Å². The number of hydrogen-bond donors (Lipinski definition) is 5. The fraction of sp³-hybridized carbons (Fsp3) is 0.848. The summed E-state index contributed by atoms with van der Waals surface area (Å²) in [5, 5.41) is 43.5. The number of carbonyl (C=O) groups is 1. The summed E-state index contributed by atoms with van der Waals surface area (Å²) in [5.74, 6) is -0.598. The van der Waals surface area contributed by atoms with Crippen molar-refractivity contribution in [3.8, 4) is 0 Å². The van der Waals surface area contributed by atoms with Crippen LogP contribution in [0.25, 0.3) is 0 Å². The van der Waals surface area contributed by atoms with Gasteiger partial charge in [-0.05, 0) is 70.6 Å². The van der Waals surface area contributed by atoms with E-state index in [1.54, 1.807) is 0 Å². The highest BCUT2D eigenvalue weighted by Gasteiger charge is 2.28. The zero-order valence-corrected chi connectivity index (χ0v) is 34.3. The smallest absolute Gasteiger partial charge is 0.249 e. The van der Waals surface area contributed by atoms with Gasteiger partial charge >= 0.3 is 0 Å². The van der Waals surface area contributed by atoms with Crippen molar-refractivity contribution >= 4 is 5.91 Å². The molecule has 6 heteroatoms. The Morgan fingerprint density at radius 3 is 1.27 bits per heavy atom. The number of unbranched alkanes of at least 4 members (excludes halogenated alkanes) is 25. The van der Waals surface area contributed by atoms with Gasteiger partial charge in [0.2, 0.25) is 5.91 Å². The van der Waals surface area contributed by atoms with Gasteiger partial charge in [-0.25, -0.2) is 0 Å². The SMILES string of the molecule is CCCCCCC/C=C/CCCC(O)C(O)C(CO)NC(=O)C(O)CCCCCCCCCCCC/C=C\C/C=C\CCCCCCCCCCC. The molecule has 0 saturated carbocycles. The standard InChI is InChI=1S/C46H87NO5/c1-3-5-7-9-11-13-15-16-17-18-19-20-21-22-23-24-25-26-27-28-29-30-32-34-36-38-40-44(50)46(52)47-42(41-48)45(51)43(49)39-37-35-33-31-14-12-10-8-6-4-2/h19-20,22-23,31,33,42-45,48-51H,3-18,21,24-30,32,34-41H2,1-2H3,(H,47,52)/b20-19-,23-22-,33-31+. The average molecular weight is 734 g/mol. The van der Waals surface area contributed by atoms with E-state index >= 15 is 0 Å². The number of nitrogens with one attached hydrogen (secondary N) is 1. The minimum Gasteiger partial charge on any atom is -0.394 e. The van der Waals surface area contributed by atoms with Crippen molar-refractivity contribution in [2.24, 2.45) is 0 Å². The Morgan fingerprint density at radius 2 is 0.846 bits per heavy atom. The quantitative estimate of drug-likeness (QED) is 0.0318. The first-order chi connectivity index (χ1) is 25.5. The van der Waals surface area contributed by atoms with Gasteiger partial charge < -0.3 is 25.7 Å². The van der Waals surface area contributed by atoms with Crippen LogP contribution in [0.3, 0.4) is 0 Å². The van der Waals surface area contributed by atoms with E-state index in [-0.39, 0.29) is 0 Å². The number of aliphatic hydroxyl groups excluding tert-OH is 4. The van der Waals surface area contributed by atoms with E-state index < -0.39 is 36.9 Å². The lowest BCUT2D eigenvalue weighted by Crippen LogP contribution is -2.53. The molecule has 0 aromatic carbocycles. The Kier molecular flexibility index (Phi) is 39.6. The molecule has 0 bridgehead atoms. The summed E-state index contributed by atoms with van der Waals surface area (Å²) in [6.07, 6.45) is 47.6. The van der Waals surface area contributed by atoms with Gasteiger partial charge in [-0.3, -0.25) is 4.79 Å². The van der Waals surface area contributed by atoms with Gasteiger partial charge in [0.1, 0.15) is 12.2 Å². The molecule has 0 rings (SSSR count). The number of amides is 1. The maximum Gasteiger partial charge on any atom is 0.249 e. The highest BCUT2D eigenvalue weighted by molar-refractivity contribution is 5.80. The average Bonchev–Trinajstić information content (AvgIpc) is 3.15. The van der Waals surface area contributed by atoms with Crippen LogP contribution in [0.2, 0.25) is 0 Å². The third kappa shape index (κ3) is 34.3. The summed E-state index contributed by atoms with van der Waals surface area (Å²) in [6.45, 7) is 4.00. The van der Waals surface area contributed by atoms with Gasteiger partial charge in [0.25, 0.3) is 0 Å². The molecule has 0 aliphatic rings. The van der Waals surface area contributed by atoms with Gasteiger partial charge in [0, 0.05) is 0 Å². The maximum atomic E-state index is 12.5. The van der Waals surface area contributed by atoms with Gasteiger partial charge in [-0.15, -0.1) is 0 Å². The molecule has 0 radical (unpaired) electrons. The first-order valence-electron chi connectivity index (χ1n) is 22.4. The third-order valence-electron chi connectivity index (χ3n) is 10.3. The molecular formula is C46H87NO5. The predicted octanol–water partition coefficient (Wildman–Crippen LogP) is 11.7. The minimum absolute atomic E-state index is 0.359. The minimum atomic E-state index is -1.28. The third-order valence-corrected chi connectivity index (χ3v) is 10.3. The molecule has 4 atom stereocenters. The zero-order chi connectivity index (χ0) is 38.2. The van der Waals surface area contributed by atoms with Crippen LogP contribution in [0.15, 0.2) is 36.5 Å². The Hall–Kier alpha value is -1.47. The maximum absolute atomic E-state index is 12.5. The summed E-state index contributed by atoms with van der Waals surface area (Å²) in [6, 6.07) is -1.00. The fourth-order valence-corrected chi connectivity index (χ4v) is 6.73. The molecule has 4 unspecified atom stereocenters. The van der Waals surface area contributed by atoms with Crippen LogP contribution in [0, 0.1) is 0 Å². The van der Waals surface area contributed by atoms with Crippen LogP contribution >= 0.6 is 0 Å². The molecule has 0 spiro atoms. The molecule has 5 N–H and O–H groups in total. The number of hydrogen-bond acceptors (Lipinski definition) is 5. The van der Waals surface area contributed by atoms with Crippen molar-refractivity contribution in [3.63, 3.8) is 0 Å². The summed E-state index contributed by atoms with van der Waals surface area (Å²) in [7, 11) is 0. The van der Waals surface area contributed by atoms with Crippen molar-refractivity contribution in [3.05, 3.63) is 36.5 Å². The predicted molar refractivity (Wildman–Crippen MR) is 224 cm³/mol. The molecular weight excluding hydrogens is 647 g/mol. The van der Waals surface area contributed by atoms with Crippen LogP contribution in [0.5, 0.6) is 0 Å². The van der Waals surface area contributed by atoms with Crippen molar-refractivity contribution < 1.29 is 25.2 Å². The molecule has 6 nitrogen and oxygen atoms in total. The zero-order valence-electron chi connectivity index (χ0n) is 34.3.